The molecule has 3 N–H and O–H groups in total. The fraction of sp³-hybridized carbons (Fsp3) is 0.360. The molecule has 33 heavy (non-hydrogen) atoms. The van der Waals surface area contributed by atoms with Crippen LogP contribution in [0, 0.1) is 5.92 Å². The molecule has 0 spiro atoms. The standard InChI is InChI=1S/C25H29N5O3/c1-15(2)14-20(23-27-18-10-6-7-11-21(18)30(23)3)26-22(31)13-12-19-25(33)28-17-9-5-4-8-16(17)24(32)29-19/h4-11,15,19-20H,12-14H2,1-3H3,(H,26,31)(H,28,33)(H,29,32)/t19-,20-/m0/s1. The van der Waals surface area contributed by atoms with E-state index in [9.17, 15) is 14.4 Å². The number of aryl methyl sites for hydroxylation is 1. The van der Waals surface area contributed by atoms with Crippen molar-refractivity contribution in [3.05, 3.63) is 59.9 Å². The Balaban J connectivity index is 1.44. The third-order valence-corrected chi connectivity index (χ3v) is 5.89. The lowest BCUT2D eigenvalue weighted by Crippen LogP contribution is -2.42. The van der Waals surface area contributed by atoms with Crippen molar-refractivity contribution in [2.75, 3.05) is 5.32 Å². The summed E-state index contributed by atoms with van der Waals surface area (Å²) in [6.07, 6.45) is 1.04. The predicted molar refractivity (Wildman–Crippen MR) is 127 cm³/mol. The van der Waals surface area contributed by atoms with Crippen molar-refractivity contribution in [3.63, 3.8) is 0 Å². The second kappa shape index (κ2) is 9.44. The Morgan fingerprint density at radius 2 is 1.85 bits per heavy atom. The van der Waals surface area contributed by atoms with Crippen molar-refractivity contribution in [1.82, 2.24) is 20.2 Å². The first-order valence-electron chi connectivity index (χ1n) is 11.2. The zero-order chi connectivity index (χ0) is 23.5. The molecule has 0 unspecified atom stereocenters. The van der Waals surface area contributed by atoms with E-state index in [1.165, 1.54) is 0 Å². The third kappa shape index (κ3) is 4.89. The van der Waals surface area contributed by atoms with Crippen molar-refractivity contribution >= 4 is 34.4 Å². The Kier molecular flexibility index (Phi) is 6.44. The van der Waals surface area contributed by atoms with E-state index in [1.54, 1.807) is 24.3 Å². The molecule has 1 aliphatic heterocycles. The molecule has 172 valence electrons. The molecular weight excluding hydrogens is 418 g/mol. The number of amides is 3. The Hall–Kier alpha value is -3.68. The molecule has 0 fully saturated rings. The summed E-state index contributed by atoms with van der Waals surface area (Å²) in [4.78, 5) is 42.7. The minimum atomic E-state index is -0.782. The van der Waals surface area contributed by atoms with Gasteiger partial charge in [-0.1, -0.05) is 38.1 Å². The van der Waals surface area contributed by atoms with E-state index in [4.69, 9.17) is 4.98 Å². The number of carbonyl (C=O) groups is 3. The number of hydrogen-bond acceptors (Lipinski definition) is 4. The largest absolute Gasteiger partial charge is 0.346 e. The van der Waals surface area contributed by atoms with Crippen LogP contribution in [-0.2, 0) is 16.6 Å². The molecular formula is C25H29N5O3. The molecule has 8 heteroatoms. The molecule has 3 amide bonds. The van der Waals surface area contributed by atoms with Gasteiger partial charge in [0.15, 0.2) is 0 Å². The van der Waals surface area contributed by atoms with E-state index in [1.807, 2.05) is 35.9 Å². The van der Waals surface area contributed by atoms with E-state index in [0.29, 0.717) is 17.2 Å². The normalized spacial score (nSPS) is 16.7. The average Bonchev–Trinajstić information content (AvgIpc) is 3.06. The van der Waals surface area contributed by atoms with Crippen LogP contribution >= 0.6 is 0 Å². The summed E-state index contributed by atoms with van der Waals surface area (Å²) in [5.41, 5.74) is 2.78. The van der Waals surface area contributed by atoms with Gasteiger partial charge in [0, 0.05) is 13.5 Å². The first-order valence-corrected chi connectivity index (χ1v) is 11.2. The van der Waals surface area contributed by atoms with Gasteiger partial charge in [0.1, 0.15) is 11.9 Å². The highest BCUT2D eigenvalue weighted by Crippen LogP contribution is 2.25. The van der Waals surface area contributed by atoms with Crippen LogP contribution in [0.3, 0.4) is 0 Å². The van der Waals surface area contributed by atoms with E-state index >= 15 is 0 Å². The molecule has 0 radical (unpaired) electrons. The van der Waals surface area contributed by atoms with Gasteiger partial charge in [-0.05, 0) is 43.0 Å². The lowest BCUT2D eigenvalue weighted by molar-refractivity contribution is -0.122. The summed E-state index contributed by atoms with van der Waals surface area (Å²) < 4.78 is 2.01. The number of nitrogens with one attached hydrogen (secondary N) is 3. The van der Waals surface area contributed by atoms with Gasteiger partial charge in [-0.25, -0.2) is 4.98 Å². The third-order valence-electron chi connectivity index (χ3n) is 5.89. The number of aromatic nitrogens is 2. The van der Waals surface area contributed by atoms with Gasteiger partial charge in [0.2, 0.25) is 11.8 Å². The number of carbonyl (C=O) groups excluding carboxylic acids is 3. The van der Waals surface area contributed by atoms with Crippen LogP contribution in [0.25, 0.3) is 11.0 Å². The SMILES string of the molecule is CC(C)C[C@H](NC(=O)CC[C@@H]1NC(=O)c2ccccc2NC1=O)c1nc2ccccc2n1C. The highest BCUT2D eigenvalue weighted by molar-refractivity contribution is 6.09. The quantitative estimate of drug-likeness (QED) is 0.517. The number of nitrogens with zero attached hydrogens (tertiary/aromatic N) is 2. The number of benzene rings is 2. The van der Waals surface area contributed by atoms with Gasteiger partial charge in [-0.2, -0.15) is 0 Å². The number of fused-ring (bicyclic) bond motifs is 2. The molecule has 2 atom stereocenters. The van der Waals surface area contributed by atoms with Crippen LogP contribution in [0.2, 0.25) is 0 Å². The number of hydrogen-bond donors (Lipinski definition) is 3. The molecule has 8 nitrogen and oxygen atoms in total. The van der Waals surface area contributed by atoms with Crippen LogP contribution < -0.4 is 16.0 Å². The number of rotatable bonds is 7. The molecule has 0 aliphatic carbocycles. The Labute approximate surface area is 192 Å². The van der Waals surface area contributed by atoms with Crippen LogP contribution in [0.4, 0.5) is 5.69 Å². The smallest absolute Gasteiger partial charge is 0.254 e. The van der Waals surface area contributed by atoms with Crippen LogP contribution in [0.5, 0.6) is 0 Å². The molecule has 0 bridgehead atoms. The first kappa shape index (κ1) is 22.5. The van der Waals surface area contributed by atoms with Gasteiger partial charge < -0.3 is 20.5 Å². The predicted octanol–water partition coefficient (Wildman–Crippen LogP) is 3.31. The average molecular weight is 448 g/mol. The summed E-state index contributed by atoms with van der Waals surface area (Å²) in [5.74, 6) is 0.313. The fourth-order valence-corrected chi connectivity index (χ4v) is 4.23. The summed E-state index contributed by atoms with van der Waals surface area (Å²) in [6, 6.07) is 13.7. The second-order valence-corrected chi connectivity index (χ2v) is 8.87. The number of anilines is 1. The van der Waals surface area contributed by atoms with E-state index in [0.717, 1.165) is 23.3 Å². The zero-order valence-corrected chi connectivity index (χ0v) is 19.1. The second-order valence-electron chi connectivity index (χ2n) is 8.87. The van der Waals surface area contributed by atoms with E-state index in [2.05, 4.69) is 29.8 Å². The highest BCUT2D eigenvalue weighted by atomic mass is 16.2. The lowest BCUT2D eigenvalue weighted by atomic mass is 10.0. The molecule has 0 saturated heterocycles. The van der Waals surface area contributed by atoms with Gasteiger partial charge in [-0.15, -0.1) is 0 Å². The van der Waals surface area contributed by atoms with Crippen LogP contribution in [0.15, 0.2) is 48.5 Å². The van der Waals surface area contributed by atoms with Crippen molar-refractivity contribution in [2.45, 2.75) is 45.2 Å². The van der Waals surface area contributed by atoms with Crippen molar-refractivity contribution in [3.8, 4) is 0 Å². The Bertz CT molecular complexity index is 1200. The van der Waals surface area contributed by atoms with Crippen LogP contribution in [-0.4, -0.2) is 33.3 Å². The number of imidazole rings is 1. The maximum atomic E-state index is 12.9. The summed E-state index contributed by atoms with van der Waals surface area (Å²) >= 11 is 0. The Morgan fingerprint density at radius 3 is 2.61 bits per heavy atom. The lowest BCUT2D eigenvalue weighted by Gasteiger charge is -2.21. The van der Waals surface area contributed by atoms with Crippen LogP contribution in [0.1, 0.15) is 55.3 Å². The molecule has 0 saturated carbocycles. The Morgan fingerprint density at radius 1 is 1.12 bits per heavy atom. The maximum Gasteiger partial charge on any atom is 0.254 e. The van der Waals surface area contributed by atoms with Gasteiger partial charge in [0.25, 0.3) is 5.91 Å². The molecule has 2 heterocycles. The minimum absolute atomic E-state index is 0.104. The fourth-order valence-electron chi connectivity index (χ4n) is 4.23. The summed E-state index contributed by atoms with van der Waals surface area (Å²) in [7, 11) is 1.95. The van der Waals surface area contributed by atoms with Crippen molar-refractivity contribution in [2.24, 2.45) is 13.0 Å². The number of para-hydroxylation sites is 3. The van der Waals surface area contributed by atoms with Gasteiger partial charge in [0.05, 0.1) is 28.3 Å². The highest BCUT2D eigenvalue weighted by Gasteiger charge is 2.28. The zero-order valence-electron chi connectivity index (χ0n) is 19.1. The van der Waals surface area contributed by atoms with E-state index < -0.39 is 6.04 Å². The van der Waals surface area contributed by atoms with Gasteiger partial charge >= 0.3 is 0 Å². The summed E-state index contributed by atoms with van der Waals surface area (Å²) in [6.45, 7) is 4.20. The summed E-state index contributed by atoms with van der Waals surface area (Å²) in [5, 5.41) is 8.61. The first-order chi connectivity index (χ1) is 15.8. The molecule has 1 aliphatic rings. The molecule has 4 rings (SSSR count). The molecule has 1 aromatic heterocycles. The maximum absolute atomic E-state index is 12.9. The molecule has 3 aromatic rings. The minimum Gasteiger partial charge on any atom is -0.346 e. The van der Waals surface area contributed by atoms with Crippen molar-refractivity contribution in [1.29, 1.82) is 0 Å². The molecule has 2 aromatic carbocycles. The van der Waals surface area contributed by atoms with E-state index in [-0.39, 0.29) is 36.6 Å². The van der Waals surface area contributed by atoms with Crippen molar-refractivity contribution < 1.29 is 14.4 Å². The topological polar surface area (TPSA) is 105 Å². The monoisotopic (exact) mass is 447 g/mol. The van der Waals surface area contributed by atoms with Gasteiger partial charge in [-0.3, -0.25) is 14.4 Å².